The van der Waals surface area contributed by atoms with Gasteiger partial charge in [0.2, 0.25) is 0 Å². The summed E-state index contributed by atoms with van der Waals surface area (Å²) in [4.78, 5) is 3.49. The maximum Gasteiger partial charge on any atom is 0.142 e. The van der Waals surface area contributed by atoms with Crippen molar-refractivity contribution in [2.24, 2.45) is 0 Å². The molecule has 0 bridgehead atoms. The molecule has 0 fully saturated rings. The lowest BCUT2D eigenvalue weighted by atomic mass is 10.2. The van der Waals surface area contributed by atoms with Crippen molar-refractivity contribution in [1.29, 1.82) is 0 Å². The first-order valence-corrected chi connectivity index (χ1v) is 12.8. The highest BCUT2D eigenvalue weighted by molar-refractivity contribution is 7.25. The number of H-pyrrole nitrogens is 1. The predicted octanol–water partition coefficient (Wildman–Crippen LogP) is 7.85. The SMILES string of the molecule is c1cc(Oc2cccc(-n3ncc4sc5ccccc5c43)c2)cc(-n2ncc3c4ccccc4[nH]c32)c1. The molecule has 8 rings (SSSR count). The second-order valence-corrected chi connectivity index (χ2v) is 10.0. The van der Waals surface area contributed by atoms with E-state index in [1.807, 2.05) is 76.4 Å². The first kappa shape index (κ1) is 20.3. The Balaban J connectivity index is 1.16. The van der Waals surface area contributed by atoms with Gasteiger partial charge in [0.15, 0.2) is 0 Å². The number of para-hydroxylation sites is 1. The number of aromatic nitrogens is 5. The molecule has 0 unspecified atom stereocenters. The van der Waals surface area contributed by atoms with Crippen molar-refractivity contribution in [3.8, 4) is 22.9 Å². The number of nitrogens with zero attached hydrogens (tertiary/aromatic N) is 4. The summed E-state index contributed by atoms with van der Waals surface area (Å²) < 4.78 is 12.7. The number of nitrogens with one attached hydrogen (secondary N) is 1. The van der Waals surface area contributed by atoms with E-state index in [0.717, 1.165) is 44.9 Å². The zero-order valence-corrected chi connectivity index (χ0v) is 20.3. The summed E-state index contributed by atoms with van der Waals surface area (Å²) >= 11 is 1.76. The standard InChI is InChI=1S/C30H19N5OS/c1-3-13-26-23(11-1)25-17-31-35(30(25)33-26)20-8-6-10-22(16-20)36-21-9-5-7-19(15-21)34-29-24-12-2-4-14-27(24)37-28(29)18-32-34/h1-18,33H. The summed E-state index contributed by atoms with van der Waals surface area (Å²) in [6, 6.07) is 32.7. The van der Waals surface area contributed by atoms with Crippen molar-refractivity contribution >= 4 is 53.6 Å². The molecule has 1 N–H and O–H groups in total. The molecule has 0 spiro atoms. The molecule has 0 radical (unpaired) electrons. The van der Waals surface area contributed by atoms with Crippen LogP contribution in [0, 0.1) is 0 Å². The number of hydrogen-bond acceptors (Lipinski definition) is 4. The van der Waals surface area contributed by atoms with E-state index < -0.39 is 0 Å². The summed E-state index contributed by atoms with van der Waals surface area (Å²) in [5.41, 5.74) is 5.07. The van der Waals surface area contributed by atoms with Crippen LogP contribution in [-0.4, -0.2) is 24.5 Å². The molecular weight excluding hydrogens is 478 g/mol. The van der Waals surface area contributed by atoms with Gasteiger partial charge in [0, 0.05) is 38.5 Å². The lowest BCUT2D eigenvalue weighted by Crippen LogP contribution is -1.98. The van der Waals surface area contributed by atoms with Crippen molar-refractivity contribution in [2.75, 3.05) is 0 Å². The number of aromatic amines is 1. The number of hydrogen-bond donors (Lipinski definition) is 1. The summed E-state index contributed by atoms with van der Waals surface area (Å²) in [7, 11) is 0. The molecule has 176 valence electrons. The van der Waals surface area contributed by atoms with Crippen LogP contribution in [0.4, 0.5) is 0 Å². The van der Waals surface area contributed by atoms with Crippen LogP contribution in [0.1, 0.15) is 0 Å². The molecular formula is C30H19N5OS. The lowest BCUT2D eigenvalue weighted by molar-refractivity contribution is 0.482. The first-order valence-electron chi connectivity index (χ1n) is 12.0. The summed E-state index contributed by atoms with van der Waals surface area (Å²) in [6.45, 7) is 0. The van der Waals surface area contributed by atoms with Gasteiger partial charge in [-0.2, -0.15) is 10.2 Å². The van der Waals surface area contributed by atoms with Crippen LogP contribution in [-0.2, 0) is 0 Å². The van der Waals surface area contributed by atoms with Crippen LogP contribution < -0.4 is 4.74 Å². The summed E-state index contributed by atoms with van der Waals surface area (Å²) in [5.74, 6) is 1.48. The molecule has 0 aliphatic rings. The molecule has 4 aromatic heterocycles. The van der Waals surface area contributed by atoms with E-state index in [1.54, 1.807) is 11.3 Å². The topological polar surface area (TPSA) is 60.7 Å². The average Bonchev–Trinajstić information content (AvgIpc) is 3.69. The molecule has 8 aromatic rings. The van der Waals surface area contributed by atoms with Gasteiger partial charge in [-0.05, 0) is 36.4 Å². The van der Waals surface area contributed by atoms with Crippen LogP contribution in [0.15, 0.2) is 109 Å². The molecule has 0 aliphatic heterocycles. The molecule has 0 atom stereocenters. The Kier molecular flexibility index (Phi) is 4.29. The molecule has 7 heteroatoms. The monoisotopic (exact) mass is 497 g/mol. The van der Waals surface area contributed by atoms with Crippen LogP contribution in [0.5, 0.6) is 11.5 Å². The highest BCUT2D eigenvalue weighted by Crippen LogP contribution is 2.35. The van der Waals surface area contributed by atoms with Crippen molar-refractivity contribution in [2.45, 2.75) is 0 Å². The van der Waals surface area contributed by atoms with E-state index in [4.69, 9.17) is 4.74 Å². The van der Waals surface area contributed by atoms with Crippen molar-refractivity contribution < 1.29 is 4.74 Å². The van der Waals surface area contributed by atoms with Gasteiger partial charge >= 0.3 is 0 Å². The molecule has 0 saturated heterocycles. The smallest absolute Gasteiger partial charge is 0.142 e. The van der Waals surface area contributed by atoms with E-state index in [0.29, 0.717) is 0 Å². The zero-order chi connectivity index (χ0) is 24.3. The van der Waals surface area contributed by atoms with Gasteiger partial charge in [-0.25, -0.2) is 9.36 Å². The van der Waals surface area contributed by atoms with E-state index in [-0.39, 0.29) is 0 Å². The minimum atomic E-state index is 0.737. The van der Waals surface area contributed by atoms with Gasteiger partial charge in [0.05, 0.1) is 34.0 Å². The Labute approximate surface area is 215 Å². The van der Waals surface area contributed by atoms with E-state index in [9.17, 15) is 0 Å². The molecule has 4 aromatic carbocycles. The Bertz CT molecular complexity index is 2090. The predicted molar refractivity (Wildman–Crippen MR) is 149 cm³/mol. The Hall–Kier alpha value is -4.88. The Morgan fingerprint density at radius 2 is 1.32 bits per heavy atom. The third-order valence-electron chi connectivity index (χ3n) is 6.70. The van der Waals surface area contributed by atoms with Gasteiger partial charge in [0.1, 0.15) is 17.1 Å². The normalized spacial score (nSPS) is 11.8. The largest absolute Gasteiger partial charge is 0.457 e. The minimum absolute atomic E-state index is 0.737. The van der Waals surface area contributed by atoms with Crippen LogP contribution in [0.2, 0.25) is 0 Å². The third-order valence-corrected chi connectivity index (χ3v) is 7.79. The quantitative estimate of drug-likeness (QED) is 0.269. The van der Waals surface area contributed by atoms with Gasteiger partial charge in [-0.15, -0.1) is 11.3 Å². The maximum absolute atomic E-state index is 6.32. The van der Waals surface area contributed by atoms with E-state index in [1.165, 1.54) is 20.2 Å². The minimum Gasteiger partial charge on any atom is -0.457 e. The fraction of sp³-hybridized carbons (Fsp3) is 0. The summed E-state index contributed by atoms with van der Waals surface area (Å²) in [5, 5.41) is 12.8. The van der Waals surface area contributed by atoms with Crippen LogP contribution in [0.25, 0.3) is 53.6 Å². The van der Waals surface area contributed by atoms with E-state index >= 15 is 0 Å². The van der Waals surface area contributed by atoms with Gasteiger partial charge in [-0.3, -0.25) is 0 Å². The van der Waals surface area contributed by atoms with Crippen LogP contribution in [0.3, 0.4) is 0 Å². The highest BCUT2D eigenvalue weighted by Gasteiger charge is 2.14. The summed E-state index contributed by atoms with van der Waals surface area (Å²) in [6.07, 6.45) is 3.84. The Morgan fingerprint density at radius 3 is 2.16 bits per heavy atom. The fourth-order valence-electron chi connectivity index (χ4n) is 5.03. The van der Waals surface area contributed by atoms with Gasteiger partial charge < -0.3 is 9.72 Å². The molecule has 0 aliphatic carbocycles. The molecule has 4 heterocycles. The third kappa shape index (κ3) is 3.18. The highest BCUT2D eigenvalue weighted by atomic mass is 32.1. The zero-order valence-electron chi connectivity index (χ0n) is 19.5. The first-order chi connectivity index (χ1) is 18.3. The number of thiophene rings is 1. The van der Waals surface area contributed by atoms with Crippen molar-refractivity contribution in [3.05, 3.63) is 109 Å². The Morgan fingerprint density at radius 1 is 0.622 bits per heavy atom. The molecule has 0 saturated carbocycles. The van der Waals surface area contributed by atoms with Gasteiger partial charge in [-0.1, -0.05) is 48.5 Å². The number of fused-ring (bicyclic) bond motifs is 6. The molecule has 6 nitrogen and oxygen atoms in total. The van der Waals surface area contributed by atoms with E-state index in [2.05, 4.69) is 57.6 Å². The fourth-order valence-corrected chi connectivity index (χ4v) is 6.08. The maximum atomic E-state index is 6.32. The average molecular weight is 498 g/mol. The number of benzene rings is 4. The number of ether oxygens (including phenoxy) is 1. The second kappa shape index (κ2) is 7.81. The van der Waals surface area contributed by atoms with Crippen molar-refractivity contribution in [1.82, 2.24) is 24.5 Å². The second-order valence-electron chi connectivity index (χ2n) is 8.95. The van der Waals surface area contributed by atoms with Crippen molar-refractivity contribution in [3.63, 3.8) is 0 Å². The van der Waals surface area contributed by atoms with Gasteiger partial charge in [0.25, 0.3) is 0 Å². The lowest BCUT2D eigenvalue weighted by Gasteiger charge is -2.10. The van der Waals surface area contributed by atoms with Crippen LogP contribution >= 0.6 is 11.3 Å². The number of rotatable bonds is 4. The molecule has 37 heavy (non-hydrogen) atoms. The molecule has 0 amide bonds.